The third kappa shape index (κ3) is 2.30. The molecular formula is C17H14ClNO2. The van der Waals surface area contributed by atoms with Gasteiger partial charge >= 0.3 is 0 Å². The lowest BCUT2D eigenvalue weighted by atomic mass is 10.0. The summed E-state index contributed by atoms with van der Waals surface area (Å²) in [4.78, 5) is 15.8. The van der Waals surface area contributed by atoms with E-state index in [4.69, 9.17) is 16.3 Å². The quantitative estimate of drug-likeness (QED) is 0.730. The summed E-state index contributed by atoms with van der Waals surface area (Å²) in [7, 11) is 1.60. The molecule has 3 rings (SSSR count). The van der Waals surface area contributed by atoms with Crippen molar-refractivity contribution < 1.29 is 9.53 Å². The fourth-order valence-corrected chi connectivity index (χ4v) is 2.56. The zero-order valence-corrected chi connectivity index (χ0v) is 12.5. The van der Waals surface area contributed by atoms with Crippen LogP contribution in [-0.2, 0) is 0 Å². The van der Waals surface area contributed by atoms with Crippen LogP contribution in [0.1, 0.15) is 21.5 Å². The van der Waals surface area contributed by atoms with Crippen LogP contribution in [0.25, 0.3) is 10.9 Å². The highest BCUT2D eigenvalue weighted by molar-refractivity contribution is 6.31. The first-order valence-electron chi connectivity index (χ1n) is 6.56. The van der Waals surface area contributed by atoms with E-state index >= 15 is 0 Å². The number of ketones is 1. The number of carbonyl (C=O) groups is 1. The summed E-state index contributed by atoms with van der Waals surface area (Å²) in [5, 5.41) is 1.46. The summed E-state index contributed by atoms with van der Waals surface area (Å²) in [5.41, 5.74) is 2.98. The maximum atomic E-state index is 12.7. The van der Waals surface area contributed by atoms with Crippen molar-refractivity contribution in [3.8, 4) is 5.75 Å². The van der Waals surface area contributed by atoms with Crippen LogP contribution in [0.4, 0.5) is 0 Å². The minimum atomic E-state index is -0.0504. The minimum Gasteiger partial charge on any atom is -0.496 e. The molecule has 3 aromatic rings. The highest BCUT2D eigenvalue weighted by Crippen LogP contribution is 2.30. The van der Waals surface area contributed by atoms with Crippen LogP contribution in [0, 0.1) is 6.92 Å². The maximum absolute atomic E-state index is 12.7. The summed E-state index contributed by atoms with van der Waals surface area (Å²) >= 11 is 6.02. The molecule has 0 saturated carbocycles. The molecule has 0 unspecified atom stereocenters. The number of aromatic amines is 1. The largest absolute Gasteiger partial charge is 0.496 e. The van der Waals surface area contributed by atoms with Crippen LogP contribution in [0.5, 0.6) is 5.75 Å². The third-order valence-corrected chi connectivity index (χ3v) is 3.98. The van der Waals surface area contributed by atoms with Crippen molar-refractivity contribution >= 4 is 28.3 Å². The highest BCUT2D eigenvalue weighted by atomic mass is 35.5. The van der Waals surface area contributed by atoms with Gasteiger partial charge in [-0.05, 0) is 42.8 Å². The number of carbonyl (C=O) groups excluding carboxylic acids is 1. The van der Waals surface area contributed by atoms with E-state index in [0.717, 1.165) is 16.5 Å². The van der Waals surface area contributed by atoms with Crippen LogP contribution < -0.4 is 4.74 Å². The van der Waals surface area contributed by atoms with E-state index in [9.17, 15) is 4.79 Å². The SMILES string of the molecule is COc1cccc2[nH]cc(C(=O)c3ccc(Cl)c(C)c3)c12. The van der Waals surface area contributed by atoms with Gasteiger partial charge in [0.25, 0.3) is 0 Å². The predicted molar refractivity (Wildman–Crippen MR) is 84.5 cm³/mol. The summed E-state index contributed by atoms with van der Waals surface area (Å²) in [6, 6.07) is 10.9. The molecule has 0 radical (unpaired) electrons. The Morgan fingerprint density at radius 1 is 1.24 bits per heavy atom. The van der Waals surface area contributed by atoms with Crippen LogP contribution in [0.15, 0.2) is 42.6 Å². The molecule has 21 heavy (non-hydrogen) atoms. The molecule has 3 nitrogen and oxygen atoms in total. The van der Waals surface area contributed by atoms with E-state index in [1.54, 1.807) is 31.5 Å². The van der Waals surface area contributed by atoms with Crippen LogP contribution in [-0.4, -0.2) is 17.9 Å². The first-order chi connectivity index (χ1) is 10.1. The number of ether oxygens (including phenoxy) is 1. The maximum Gasteiger partial charge on any atom is 0.195 e. The van der Waals surface area contributed by atoms with E-state index in [-0.39, 0.29) is 5.78 Å². The second-order valence-corrected chi connectivity index (χ2v) is 5.29. The van der Waals surface area contributed by atoms with Crippen LogP contribution in [0.3, 0.4) is 0 Å². The fraction of sp³-hybridized carbons (Fsp3) is 0.118. The molecule has 0 amide bonds. The predicted octanol–water partition coefficient (Wildman–Crippen LogP) is 4.37. The minimum absolute atomic E-state index is 0.0504. The van der Waals surface area contributed by atoms with Gasteiger partial charge in [0.1, 0.15) is 5.75 Å². The Morgan fingerprint density at radius 3 is 2.76 bits per heavy atom. The highest BCUT2D eigenvalue weighted by Gasteiger charge is 2.17. The van der Waals surface area contributed by atoms with E-state index < -0.39 is 0 Å². The van der Waals surface area contributed by atoms with Gasteiger partial charge in [-0.3, -0.25) is 4.79 Å². The lowest BCUT2D eigenvalue weighted by Gasteiger charge is -2.06. The third-order valence-electron chi connectivity index (χ3n) is 3.55. The molecule has 0 atom stereocenters. The van der Waals surface area contributed by atoms with Gasteiger partial charge in [-0.1, -0.05) is 17.7 Å². The monoisotopic (exact) mass is 299 g/mol. The number of rotatable bonds is 3. The summed E-state index contributed by atoms with van der Waals surface area (Å²) in [6.07, 6.45) is 1.72. The standard InChI is InChI=1S/C17H14ClNO2/c1-10-8-11(6-7-13(10)18)17(20)12-9-19-14-4-3-5-15(21-2)16(12)14/h3-9,19H,1-2H3. The Balaban J connectivity index is 2.15. The molecule has 4 heteroatoms. The van der Waals surface area contributed by atoms with E-state index in [1.807, 2.05) is 25.1 Å². The number of benzene rings is 2. The van der Waals surface area contributed by atoms with Crippen LogP contribution in [0.2, 0.25) is 5.02 Å². The molecule has 0 saturated heterocycles. The number of halogens is 1. The molecule has 0 aliphatic rings. The van der Waals surface area contributed by atoms with Crippen molar-refractivity contribution in [2.24, 2.45) is 0 Å². The van der Waals surface area contributed by atoms with Crippen molar-refractivity contribution in [1.82, 2.24) is 4.98 Å². The number of aromatic nitrogens is 1. The Kier molecular flexibility index (Phi) is 3.43. The van der Waals surface area contributed by atoms with Crippen molar-refractivity contribution in [2.75, 3.05) is 7.11 Å². The Hall–Kier alpha value is -2.26. The number of H-pyrrole nitrogens is 1. The first-order valence-corrected chi connectivity index (χ1v) is 6.94. The molecule has 106 valence electrons. The Bertz CT molecular complexity index is 836. The molecule has 0 aliphatic heterocycles. The fourth-order valence-electron chi connectivity index (χ4n) is 2.44. The van der Waals surface area contributed by atoms with E-state index in [0.29, 0.717) is 21.9 Å². The number of nitrogens with one attached hydrogen (secondary N) is 1. The lowest BCUT2D eigenvalue weighted by Crippen LogP contribution is -2.01. The van der Waals surface area contributed by atoms with Gasteiger partial charge in [0, 0.05) is 22.3 Å². The number of hydrogen-bond donors (Lipinski definition) is 1. The molecule has 1 N–H and O–H groups in total. The smallest absolute Gasteiger partial charge is 0.195 e. The molecule has 1 heterocycles. The number of fused-ring (bicyclic) bond motifs is 1. The van der Waals surface area contributed by atoms with Crippen molar-refractivity contribution in [2.45, 2.75) is 6.92 Å². The Morgan fingerprint density at radius 2 is 2.05 bits per heavy atom. The topological polar surface area (TPSA) is 42.1 Å². The van der Waals surface area contributed by atoms with Gasteiger partial charge in [-0.25, -0.2) is 0 Å². The van der Waals surface area contributed by atoms with E-state index in [2.05, 4.69) is 4.98 Å². The summed E-state index contributed by atoms with van der Waals surface area (Å²) in [6.45, 7) is 1.88. The van der Waals surface area contributed by atoms with Crippen molar-refractivity contribution in [3.05, 3.63) is 64.3 Å². The van der Waals surface area contributed by atoms with Gasteiger partial charge in [0.2, 0.25) is 0 Å². The van der Waals surface area contributed by atoms with Gasteiger partial charge in [0.15, 0.2) is 5.78 Å². The average Bonchev–Trinajstić information content (AvgIpc) is 2.93. The molecule has 0 bridgehead atoms. The lowest BCUT2D eigenvalue weighted by molar-refractivity contribution is 0.104. The zero-order chi connectivity index (χ0) is 15.0. The van der Waals surface area contributed by atoms with Gasteiger partial charge < -0.3 is 9.72 Å². The molecular weight excluding hydrogens is 286 g/mol. The zero-order valence-electron chi connectivity index (χ0n) is 11.7. The molecule has 1 aromatic heterocycles. The van der Waals surface area contributed by atoms with Gasteiger partial charge in [-0.15, -0.1) is 0 Å². The van der Waals surface area contributed by atoms with E-state index in [1.165, 1.54) is 0 Å². The molecule has 0 spiro atoms. The summed E-state index contributed by atoms with van der Waals surface area (Å²) < 4.78 is 5.36. The first kappa shape index (κ1) is 13.7. The number of aryl methyl sites for hydroxylation is 1. The molecule has 0 fully saturated rings. The average molecular weight is 300 g/mol. The molecule has 0 aliphatic carbocycles. The van der Waals surface area contributed by atoms with Gasteiger partial charge in [-0.2, -0.15) is 0 Å². The van der Waals surface area contributed by atoms with Gasteiger partial charge in [0.05, 0.1) is 18.1 Å². The number of methoxy groups -OCH3 is 1. The summed E-state index contributed by atoms with van der Waals surface area (Å²) in [5.74, 6) is 0.633. The van der Waals surface area contributed by atoms with Crippen molar-refractivity contribution in [3.63, 3.8) is 0 Å². The second kappa shape index (κ2) is 5.26. The van der Waals surface area contributed by atoms with Crippen LogP contribution >= 0.6 is 11.6 Å². The normalized spacial score (nSPS) is 10.8. The molecule has 2 aromatic carbocycles. The number of hydrogen-bond acceptors (Lipinski definition) is 2. The Labute approximate surface area is 127 Å². The van der Waals surface area contributed by atoms with Crippen molar-refractivity contribution in [1.29, 1.82) is 0 Å². The second-order valence-electron chi connectivity index (χ2n) is 4.88.